The average Bonchev–Trinajstić information content (AvgIpc) is 2.32. The van der Waals surface area contributed by atoms with Gasteiger partial charge in [-0.05, 0) is 24.3 Å². The normalized spacial score (nSPS) is 10.2. The van der Waals surface area contributed by atoms with Crippen LogP contribution in [0.5, 0.6) is 5.75 Å². The zero-order chi connectivity index (χ0) is 13.1. The summed E-state index contributed by atoms with van der Waals surface area (Å²) in [5, 5.41) is 3.36. The monoisotopic (exact) mass is 266 g/mol. The van der Waals surface area contributed by atoms with Crippen molar-refractivity contribution < 1.29 is 9.13 Å². The minimum absolute atomic E-state index is 0.302. The third-order valence-corrected chi connectivity index (χ3v) is 2.69. The van der Waals surface area contributed by atoms with E-state index in [1.807, 2.05) is 0 Å². The molecule has 0 spiro atoms. The van der Waals surface area contributed by atoms with Crippen LogP contribution in [-0.2, 0) is 0 Å². The molecule has 0 aliphatic heterocycles. The van der Waals surface area contributed by atoms with Crippen molar-refractivity contribution in [2.75, 3.05) is 18.2 Å². The van der Waals surface area contributed by atoms with Crippen molar-refractivity contribution in [1.29, 1.82) is 0 Å². The second-order valence-electron chi connectivity index (χ2n) is 3.74. The molecule has 0 aliphatic rings. The van der Waals surface area contributed by atoms with E-state index in [9.17, 15) is 4.39 Å². The molecular formula is C13H12ClFN2O. The highest BCUT2D eigenvalue weighted by atomic mass is 35.5. The fourth-order valence-corrected chi connectivity index (χ4v) is 1.77. The van der Waals surface area contributed by atoms with Crippen LogP contribution in [0.3, 0.4) is 0 Å². The maximum atomic E-state index is 12.9. The lowest BCUT2D eigenvalue weighted by Gasteiger charge is -2.10. The maximum Gasteiger partial charge on any atom is 0.124 e. The number of nitrogens with two attached hydrogens (primary N) is 1. The quantitative estimate of drug-likeness (QED) is 0.831. The predicted molar refractivity (Wildman–Crippen MR) is 72.1 cm³/mol. The minimum Gasteiger partial charge on any atom is -0.497 e. The Hall–Kier alpha value is -1.94. The zero-order valence-corrected chi connectivity index (χ0v) is 10.5. The van der Waals surface area contributed by atoms with E-state index in [1.54, 1.807) is 31.4 Å². The Morgan fingerprint density at radius 2 is 2.00 bits per heavy atom. The van der Waals surface area contributed by atoms with Crippen molar-refractivity contribution in [3.8, 4) is 5.75 Å². The van der Waals surface area contributed by atoms with Crippen LogP contribution in [0.15, 0.2) is 36.4 Å². The third kappa shape index (κ3) is 2.84. The maximum absolute atomic E-state index is 12.9. The van der Waals surface area contributed by atoms with Crippen LogP contribution < -0.4 is 15.8 Å². The van der Waals surface area contributed by atoms with Crippen molar-refractivity contribution >= 4 is 28.7 Å². The van der Waals surface area contributed by atoms with Gasteiger partial charge in [0, 0.05) is 23.5 Å². The van der Waals surface area contributed by atoms with E-state index < -0.39 is 0 Å². The van der Waals surface area contributed by atoms with E-state index in [0.717, 1.165) is 5.69 Å². The van der Waals surface area contributed by atoms with Gasteiger partial charge < -0.3 is 15.8 Å². The summed E-state index contributed by atoms with van der Waals surface area (Å²) < 4.78 is 18.0. The first-order chi connectivity index (χ1) is 8.58. The molecule has 18 heavy (non-hydrogen) atoms. The summed E-state index contributed by atoms with van der Waals surface area (Å²) in [5.74, 6) is 0.256. The average molecular weight is 267 g/mol. The standard InChI is InChI=1S/C13H12ClFN2O/c1-18-11-6-9(16)5-10(7-11)17-13-3-2-8(15)4-12(13)14/h2-7,17H,16H2,1H3. The van der Waals surface area contributed by atoms with Gasteiger partial charge in [-0.3, -0.25) is 0 Å². The van der Waals surface area contributed by atoms with Crippen molar-refractivity contribution in [3.63, 3.8) is 0 Å². The van der Waals surface area contributed by atoms with Crippen LogP contribution in [0, 0.1) is 5.82 Å². The van der Waals surface area contributed by atoms with Crippen molar-refractivity contribution in [2.24, 2.45) is 0 Å². The summed E-state index contributed by atoms with van der Waals surface area (Å²) in [5.41, 5.74) is 7.63. The first kappa shape index (κ1) is 12.5. The van der Waals surface area contributed by atoms with Gasteiger partial charge in [0.05, 0.1) is 17.8 Å². The van der Waals surface area contributed by atoms with E-state index in [4.69, 9.17) is 22.1 Å². The van der Waals surface area contributed by atoms with E-state index in [2.05, 4.69) is 5.32 Å². The van der Waals surface area contributed by atoms with Gasteiger partial charge in [0.2, 0.25) is 0 Å². The molecule has 3 N–H and O–H groups in total. The smallest absolute Gasteiger partial charge is 0.124 e. The van der Waals surface area contributed by atoms with E-state index in [1.165, 1.54) is 12.1 Å². The zero-order valence-electron chi connectivity index (χ0n) is 9.71. The number of rotatable bonds is 3. The summed E-state index contributed by atoms with van der Waals surface area (Å²) in [6, 6.07) is 9.36. The molecule has 94 valence electrons. The lowest BCUT2D eigenvalue weighted by atomic mass is 10.2. The van der Waals surface area contributed by atoms with E-state index in [-0.39, 0.29) is 5.82 Å². The number of methoxy groups -OCH3 is 1. The molecule has 0 atom stereocenters. The van der Waals surface area contributed by atoms with Gasteiger partial charge >= 0.3 is 0 Å². The van der Waals surface area contributed by atoms with Gasteiger partial charge in [-0.2, -0.15) is 0 Å². The number of nitrogen functional groups attached to an aromatic ring is 1. The Morgan fingerprint density at radius 1 is 1.22 bits per heavy atom. The Balaban J connectivity index is 2.30. The van der Waals surface area contributed by atoms with Gasteiger partial charge in [-0.25, -0.2) is 4.39 Å². The highest BCUT2D eigenvalue weighted by molar-refractivity contribution is 6.33. The van der Waals surface area contributed by atoms with Crippen molar-refractivity contribution in [1.82, 2.24) is 0 Å². The first-order valence-electron chi connectivity index (χ1n) is 5.25. The number of ether oxygens (including phenoxy) is 1. The molecule has 0 bridgehead atoms. The molecule has 0 unspecified atom stereocenters. The molecule has 0 saturated carbocycles. The number of halogens is 2. The van der Waals surface area contributed by atoms with E-state index in [0.29, 0.717) is 22.1 Å². The summed E-state index contributed by atoms with van der Waals surface area (Å²) >= 11 is 5.93. The van der Waals surface area contributed by atoms with Gasteiger partial charge in [0.25, 0.3) is 0 Å². The Kier molecular flexibility index (Phi) is 3.58. The van der Waals surface area contributed by atoms with Crippen LogP contribution in [-0.4, -0.2) is 7.11 Å². The SMILES string of the molecule is COc1cc(N)cc(Nc2ccc(F)cc2Cl)c1. The topological polar surface area (TPSA) is 47.3 Å². The van der Waals surface area contributed by atoms with Gasteiger partial charge in [0.15, 0.2) is 0 Å². The van der Waals surface area contributed by atoms with Gasteiger partial charge in [-0.15, -0.1) is 0 Å². The summed E-state index contributed by atoms with van der Waals surface area (Å²) in [6.45, 7) is 0. The molecule has 0 heterocycles. The van der Waals surface area contributed by atoms with Crippen molar-refractivity contribution in [2.45, 2.75) is 0 Å². The molecule has 2 aromatic rings. The lowest BCUT2D eigenvalue weighted by Crippen LogP contribution is -1.95. The van der Waals surface area contributed by atoms with Crippen LogP contribution in [0.1, 0.15) is 0 Å². The molecule has 2 aromatic carbocycles. The molecule has 2 rings (SSSR count). The Morgan fingerprint density at radius 3 is 2.67 bits per heavy atom. The summed E-state index contributed by atoms with van der Waals surface area (Å²) in [4.78, 5) is 0. The molecule has 0 radical (unpaired) electrons. The number of hydrogen-bond donors (Lipinski definition) is 2. The molecular weight excluding hydrogens is 255 g/mol. The van der Waals surface area contributed by atoms with E-state index >= 15 is 0 Å². The number of hydrogen-bond acceptors (Lipinski definition) is 3. The fraction of sp³-hybridized carbons (Fsp3) is 0.0769. The number of nitrogens with one attached hydrogen (secondary N) is 1. The van der Waals surface area contributed by atoms with Crippen LogP contribution >= 0.6 is 11.6 Å². The highest BCUT2D eigenvalue weighted by Gasteiger charge is 2.04. The molecule has 5 heteroatoms. The molecule has 0 aliphatic carbocycles. The summed E-state index contributed by atoms with van der Waals surface area (Å²) in [6.07, 6.45) is 0. The molecule has 3 nitrogen and oxygen atoms in total. The lowest BCUT2D eigenvalue weighted by molar-refractivity contribution is 0.415. The second-order valence-corrected chi connectivity index (χ2v) is 4.15. The highest BCUT2D eigenvalue weighted by Crippen LogP contribution is 2.29. The van der Waals surface area contributed by atoms with Gasteiger partial charge in [-0.1, -0.05) is 11.6 Å². The molecule has 0 amide bonds. The number of anilines is 3. The minimum atomic E-state index is -0.379. The Labute approximate surface area is 109 Å². The molecule has 0 aromatic heterocycles. The summed E-state index contributed by atoms with van der Waals surface area (Å²) in [7, 11) is 1.56. The van der Waals surface area contributed by atoms with Gasteiger partial charge in [0.1, 0.15) is 11.6 Å². The van der Waals surface area contributed by atoms with Crippen molar-refractivity contribution in [3.05, 3.63) is 47.2 Å². The molecule has 0 fully saturated rings. The number of benzene rings is 2. The molecule has 0 saturated heterocycles. The van der Waals surface area contributed by atoms with Crippen LogP contribution in [0.2, 0.25) is 5.02 Å². The second kappa shape index (κ2) is 5.14. The van der Waals surface area contributed by atoms with Crippen LogP contribution in [0.4, 0.5) is 21.5 Å². The fourth-order valence-electron chi connectivity index (χ4n) is 1.56. The largest absolute Gasteiger partial charge is 0.497 e. The third-order valence-electron chi connectivity index (χ3n) is 2.37. The first-order valence-corrected chi connectivity index (χ1v) is 5.63. The predicted octanol–water partition coefficient (Wildman–Crippen LogP) is 3.81. The Bertz CT molecular complexity index is 575. The van der Waals surface area contributed by atoms with Crippen LogP contribution in [0.25, 0.3) is 0 Å².